The molecule has 1 aliphatic rings. The average Bonchev–Trinajstić information content (AvgIpc) is 2.92. The Morgan fingerprint density at radius 3 is 2.93 bits per heavy atom. The van der Waals surface area contributed by atoms with E-state index in [1.807, 2.05) is 26.1 Å². The number of ether oxygens (including phenoxy) is 1. The largest absolute Gasteiger partial charge is 0.424 e. The summed E-state index contributed by atoms with van der Waals surface area (Å²) in [4.78, 5) is 17.5. The standard InChI is InChI=1S/C20H17IN6O/c1-11-5-7-23-20(26-11)28-13-3-4-14-12(9-13)6-8-22-18-16-15(14)17(21)27(2)19(16)25-10-24-18/h3-5,7,9-10H,6,8H2,1-2H3,(H,22,24,25). The molecule has 0 aliphatic carbocycles. The summed E-state index contributed by atoms with van der Waals surface area (Å²) in [6.45, 7) is 2.71. The second kappa shape index (κ2) is 6.69. The number of anilines is 1. The molecule has 0 atom stereocenters. The van der Waals surface area contributed by atoms with Gasteiger partial charge in [0.2, 0.25) is 0 Å². The van der Waals surface area contributed by atoms with Crippen LogP contribution in [0.15, 0.2) is 36.8 Å². The Bertz CT molecular complexity index is 1220. The van der Waals surface area contributed by atoms with E-state index in [4.69, 9.17) is 4.74 Å². The van der Waals surface area contributed by atoms with Crippen molar-refractivity contribution in [3.05, 3.63) is 51.7 Å². The first kappa shape index (κ1) is 17.4. The highest BCUT2D eigenvalue weighted by Gasteiger charge is 2.23. The van der Waals surface area contributed by atoms with Crippen molar-refractivity contribution in [3.63, 3.8) is 0 Å². The van der Waals surface area contributed by atoms with Gasteiger partial charge in [0, 0.05) is 31.0 Å². The molecule has 1 N–H and O–H groups in total. The number of nitrogens with one attached hydrogen (secondary N) is 1. The Labute approximate surface area is 175 Å². The molecule has 0 unspecified atom stereocenters. The summed E-state index contributed by atoms with van der Waals surface area (Å²) >= 11 is 2.38. The van der Waals surface area contributed by atoms with Crippen LogP contribution >= 0.6 is 22.6 Å². The number of hydrogen-bond donors (Lipinski definition) is 1. The smallest absolute Gasteiger partial charge is 0.322 e. The van der Waals surface area contributed by atoms with E-state index in [9.17, 15) is 0 Å². The minimum absolute atomic E-state index is 0.361. The van der Waals surface area contributed by atoms with Crippen molar-refractivity contribution < 1.29 is 4.74 Å². The lowest BCUT2D eigenvalue weighted by molar-refractivity contribution is 0.440. The van der Waals surface area contributed by atoms with Gasteiger partial charge in [-0.1, -0.05) is 6.07 Å². The molecule has 28 heavy (non-hydrogen) atoms. The number of nitrogens with zero attached hydrogens (tertiary/aromatic N) is 5. The molecule has 4 aromatic rings. The van der Waals surface area contributed by atoms with Gasteiger partial charge in [0.15, 0.2) is 0 Å². The van der Waals surface area contributed by atoms with E-state index in [0.717, 1.165) is 50.5 Å². The molecule has 0 amide bonds. The maximum Gasteiger partial charge on any atom is 0.322 e. The van der Waals surface area contributed by atoms with E-state index in [0.29, 0.717) is 6.01 Å². The van der Waals surface area contributed by atoms with E-state index in [-0.39, 0.29) is 0 Å². The van der Waals surface area contributed by atoms with E-state index in [1.165, 1.54) is 11.1 Å². The topological polar surface area (TPSA) is 77.8 Å². The average molecular weight is 484 g/mol. The summed E-state index contributed by atoms with van der Waals surface area (Å²) in [5.74, 6) is 1.62. The van der Waals surface area contributed by atoms with Gasteiger partial charge in [0.1, 0.15) is 23.5 Å². The van der Waals surface area contributed by atoms with Crippen LogP contribution in [0.3, 0.4) is 0 Å². The summed E-state index contributed by atoms with van der Waals surface area (Å²) in [5.41, 5.74) is 5.36. The van der Waals surface area contributed by atoms with Gasteiger partial charge in [-0.2, -0.15) is 0 Å². The lowest BCUT2D eigenvalue weighted by atomic mass is 9.96. The second-order valence-electron chi connectivity index (χ2n) is 6.72. The molecule has 0 saturated carbocycles. The molecule has 0 bridgehead atoms. The van der Waals surface area contributed by atoms with Crippen LogP contribution in [0, 0.1) is 10.6 Å². The normalized spacial score (nSPS) is 12.8. The summed E-state index contributed by atoms with van der Waals surface area (Å²) in [7, 11) is 2.04. The lowest BCUT2D eigenvalue weighted by Crippen LogP contribution is -2.10. The molecule has 7 nitrogen and oxygen atoms in total. The van der Waals surface area contributed by atoms with Gasteiger partial charge in [-0.25, -0.2) is 19.9 Å². The molecular weight excluding hydrogens is 467 g/mol. The molecular formula is C20H17IN6O. The van der Waals surface area contributed by atoms with Crippen molar-refractivity contribution >= 4 is 39.4 Å². The number of hydrogen-bond acceptors (Lipinski definition) is 6. The summed E-state index contributed by atoms with van der Waals surface area (Å²) in [6.07, 6.45) is 4.18. The SMILES string of the molecule is Cc1ccnc(Oc2ccc3c(c2)CCNc2ncnc4c2c-3c(I)n4C)n1. The number of benzene rings is 1. The van der Waals surface area contributed by atoms with Gasteiger partial charge >= 0.3 is 6.01 Å². The third kappa shape index (κ3) is 2.79. The maximum absolute atomic E-state index is 5.90. The van der Waals surface area contributed by atoms with Crippen molar-refractivity contribution in [1.82, 2.24) is 24.5 Å². The van der Waals surface area contributed by atoms with Crippen LogP contribution < -0.4 is 10.1 Å². The highest BCUT2D eigenvalue weighted by molar-refractivity contribution is 14.1. The number of aromatic nitrogens is 5. The van der Waals surface area contributed by atoms with Crippen LogP contribution in [0.25, 0.3) is 22.2 Å². The third-order valence-corrected chi connectivity index (χ3v) is 6.17. The zero-order chi connectivity index (χ0) is 19.3. The molecule has 8 heteroatoms. The van der Waals surface area contributed by atoms with Crippen molar-refractivity contribution in [2.75, 3.05) is 11.9 Å². The van der Waals surface area contributed by atoms with Crippen LogP contribution in [-0.4, -0.2) is 31.0 Å². The Morgan fingerprint density at radius 2 is 2.07 bits per heavy atom. The molecule has 5 rings (SSSR count). The zero-order valence-corrected chi connectivity index (χ0v) is 17.6. The van der Waals surface area contributed by atoms with Crippen molar-refractivity contribution in [2.24, 2.45) is 7.05 Å². The first-order valence-electron chi connectivity index (χ1n) is 8.95. The monoisotopic (exact) mass is 484 g/mol. The minimum atomic E-state index is 0.361. The van der Waals surface area contributed by atoms with Gasteiger partial charge in [0.25, 0.3) is 0 Å². The molecule has 1 aromatic carbocycles. The van der Waals surface area contributed by atoms with Crippen LogP contribution in [0.1, 0.15) is 11.3 Å². The highest BCUT2D eigenvalue weighted by Crippen LogP contribution is 2.41. The Morgan fingerprint density at radius 1 is 1.18 bits per heavy atom. The first-order chi connectivity index (χ1) is 13.6. The van der Waals surface area contributed by atoms with E-state index < -0.39 is 0 Å². The molecule has 0 spiro atoms. The first-order valence-corrected chi connectivity index (χ1v) is 10.0. The van der Waals surface area contributed by atoms with E-state index in [2.05, 4.69) is 64.5 Å². The Kier molecular flexibility index (Phi) is 4.15. The number of halogens is 1. The minimum Gasteiger partial charge on any atom is -0.424 e. The predicted molar refractivity (Wildman–Crippen MR) is 116 cm³/mol. The van der Waals surface area contributed by atoms with Crippen LogP contribution in [0.2, 0.25) is 0 Å². The molecule has 4 heterocycles. The van der Waals surface area contributed by atoms with Gasteiger partial charge in [-0.3, -0.25) is 0 Å². The molecule has 3 aromatic heterocycles. The quantitative estimate of drug-likeness (QED) is 0.432. The molecule has 140 valence electrons. The van der Waals surface area contributed by atoms with Crippen LogP contribution in [-0.2, 0) is 13.5 Å². The van der Waals surface area contributed by atoms with E-state index >= 15 is 0 Å². The molecule has 0 saturated heterocycles. The van der Waals surface area contributed by atoms with Gasteiger partial charge in [0.05, 0.1) is 9.09 Å². The predicted octanol–water partition coefficient (Wildman–Crippen LogP) is 4.10. The van der Waals surface area contributed by atoms with Crippen LogP contribution in [0.4, 0.5) is 5.82 Å². The molecule has 1 aliphatic heterocycles. The maximum atomic E-state index is 5.90. The van der Waals surface area contributed by atoms with Gasteiger partial charge in [-0.05, 0) is 65.3 Å². The molecule has 0 radical (unpaired) electrons. The number of aryl methyl sites for hydroxylation is 2. The Hall–Kier alpha value is -2.75. The van der Waals surface area contributed by atoms with Gasteiger partial charge in [-0.15, -0.1) is 0 Å². The van der Waals surface area contributed by atoms with Crippen molar-refractivity contribution in [1.29, 1.82) is 0 Å². The van der Waals surface area contributed by atoms with Crippen molar-refractivity contribution in [3.8, 4) is 22.9 Å². The van der Waals surface area contributed by atoms with E-state index in [1.54, 1.807) is 12.5 Å². The van der Waals surface area contributed by atoms with Gasteiger partial charge < -0.3 is 14.6 Å². The number of fused-ring (bicyclic) bond motifs is 2. The summed E-state index contributed by atoms with van der Waals surface area (Å²) in [5, 5.41) is 4.52. The fraction of sp³-hybridized carbons (Fsp3) is 0.200. The fourth-order valence-electron chi connectivity index (χ4n) is 3.58. The van der Waals surface area contributed by atoms with Crippen molar-refractivity contribution in [2.45, 2.75) is 13.3 Å². The fourth-order valence-corrected chi connectivity index (χ4v) is 4.37. The third-order valence-electron chi connectivity index (χ3n) is 4.91. The lowest BCUT2D eigenvalue weighted by Gasteiger charge is -2.17. The second-order valence-corrected chi connectivity index (χ2v) is 7.75. The number of rotatable bonds is 2. The Balaban J connectivity index is 1.66. The summed E-state index contributed by atoms with van der Waals surface area (Å²) in [6, 6.07) is 8.37. The highest BCUT2D eigenvalue weighted by atomic mass is 127. The molecule has 0 fully saturated rings. The van der Waals surface area contributed by atoms with Crippen LogP contribution in [0.5, 0.6) is 11.8 Å². The zero-order valence-electron chi connectivity index (χ0n) is 15.4. The summed E-state index contributed by atoms with van der Waals surface area (Å²) < 4.78 is 9.14.